The van der Waals surface area contributed by atoms with Crippen molar-refractivity contribution in [2.24, 2.45) is 0 Å². The molecule has 0 aliphatic rings. The van der Waals surface area contributed by atoms with E-state index in [1.54, 1.807) is 6.92 Å². The van der Waals surface area contributed by atoms with Crippen molar-refractivity contribution in [1.29, 1.82) is 0 Å². The average Bonchev–Trinajstić information content (AvgIpc) is 2.53. The zero-order valence-electron chi connectivity index (χ0n) is 12.1. The monoisotopic (exact) mass is 345 g/mol. The van der Waals surface area contributed by atoms with Crippen LogP contribution in [0.25, 0.3) is 0 Å². The summed E-state index contributed by atoms with van der Waals surface area (Å²) in [5.41, 5.74) is -0.893. The van der Waals surface area contributed by atoms with Crippen LogP contribution >= 0.6 is 11.8 Å². The number of aromatic amines is 1. The Morgan fingerprint density at radius 1 is 1.35 bits per heavy atom. The highest BCUT2D eigenvalue weighted by Gasteiger charge is 2.14. The van der Waals surface area contributed by atoms with Crippen molar-refractivity contribution >= 4 is 17.6 Å². The van der Waals surface area contributed by atoms with Gasteiger partial charge in [0.1, 0.15) is 0 Å². The number of aliphatic hydroxyl groups excluding tert-OH is 1. The third-order valence-corrected chi connectivity index (χ3v) is 3.82. The summed E-state index contributed by atoms with van der Waals surface area (Å²) in [6, 6.07) is 3.27. The van der Waals surface area contributed by atoms with E-state index < -0.39 is 29.1 Å². The van der Waals surface area contributed by atoms with E-state index in [2.05, 4.69) is 15.3 Å². The van der Waals surface area contributed by atoms with Crippen molar-refractivity contribution in [2.45, 2.75) is 23.9 Å². The SMILES string of the molecule is C[C@H](CO)Nc1nc(SCc2cccc(F)c2F)[nH]c(=O)c1F. The van der Waals surface area contributed by atoms with Crippen LogP contribution in [0.1, 0.15) is 12.5 Å². The zero-order chi connectivity index (χ0) is 17.0. The fraction of sp³-hybridized carbons (Fsp3) is 0.286. The first-order valence-corrected chi connectivity index (χ1v) is 7.63. The molecule has 0 radical (unpaired) electrons. The molecule has 1 atom stereocenters. The molecule has 0 bridgehead atoms. The zero-order valence-corrected chi connectivity index (χ0v) is 12.9. The third-order valence-electron chi connectivity index (χ3n) is 2.89. The Bertz CT molecular complexity index is 755. The third kappa shape index (κ3) is 4.26. The van der Waals surface area contributed by atoms with Gasteiger partial charge in [-0.1, -0.05) is 23.9 Å². The molecule has 1 heterocycles. The van der Waals surface area contributed by atoms with Crippen molar-refractivity contribution in [2.75, 3.05) is 11.9 Å². The van der Waals surface area contributed by atoms with Gasteiger partial charge in [0.15, 0.2) is 22.6 Å². The van der Waals surface area contributed by atoms with E-state index in [9.17, 15) is 18.0 Å². The van der Waals surface area contributed by atoms with Crippen LogP contribution < -0.4 is 10.9 Å². The predicted molar refractivity (Wildman–Crippen MR) is 80.9 cm³/mol. The molecule has 2 rings (SSSR count). The summed E-state index contributed by atoms with van der Waals surface area (Å²) in [5, 5.41) is 11.6. The van der Waals surface area contributed by atoms with Gasteiger partial charge in [0, 0.05) is 17.4 Å². The summed E-state index contributed by atoms with van der Waals surface area (Å²) in [6.07, 6.45) is 0. The van der Waals surface area contributed by atoms with Crippen LogP contribution in [0.2, 0.25) is 0 Å². The summed E-state index contributed by atoms with van der Waals surface area (Å²) in [4.78, 5) is 17.6. The van der Waals surface area contributed by atoms with Gasteiger partial charge in [-0.2, -0.15) is 4.39 Å². The highest BCUT2D eigenvalue weighted by molar-refractivity contribution is 7.98. The van der Waals surface area contributed by atoms with Gasteiger partial charge in [-0.25, -0.2) is 13.8 Å². The van der Waals surface area contributed by atoms with Gasteiger partial charge in [0.2, 0.25) is 5.82 Å². The van der Waals surface area contributed by atoms with E-state index in [1.165, 1.54) is 12.1 Å². The molecule has 0 saturated carbocycles. The Labute approximate surface area is 134 Å². The van der Waals surface area contributed by atoms with E-state index in [1.807, 2.05) is 0 Å². The topological polar surface area (TPSA) is 78.0 Å². The second kappa shape index (κ2) is 7.51. The number of benzene rings is 1. The molecule has 124 valence electrons. The van der Waals surface area contributed by atoms with Crippen molar-refractivity contribution in [3.05, 3.63) is 51.6 Å². The maximum absolute atomic E-state index is 13.7. The molecule has 0 aliphatic carbocycles. The lowest BCUT2D eigenvalue weighted by atomic mass is 10.2. The summed E-state index contributed by atoms with van der Waals surface area (Å²) in [6.45, 7) is 1.31. The molecule has 9 heteroatoms. The van der Waals surface area contributed by atoms with E-state index in [-0.39, 0.29) is 28.9 Å². The minimum absolute atomic E-state index is 0.00710. The molecule has 1 aromatic heterocycles. The molecule has 5 nitrogen and oxygen atoms in total. The Hall–Kier alpha value is -2.00. The molecule has 0 amide bonds. The second-order valence-electron chi connectivity index (χ2n) is 4.76. The van der Waals surface area contributed by atoms with E-state index >= 15 is 0 Å². The summed E-state index contributed by atoms with van der Waals surface area (Å²) >= 11 is 0.926. The number of hydrogen-bond donors (Lipinski definition) is 3. The Morgan fingerprint density at radius 3 is 2.78 bits per heavy atom. The molecule has 0 fully saturated rings. The van der Waals surface area contributed by atoms with Crippen LogP contribution in [0.4, 0.5) is 19.0 Å². The summed E-state index contributed by atoms with van der Waals surface area (Å²) < 4.78 is 40.4. The number of anilines is 1. The second-order valence-corrected chi connectivity index (χ2v) is 5.73. The minimum Gasteiger partial charge on any atom is -0.394 e. The smallest absolute Gasteiger partial charge is 0.289 e. The van der Waals surface area contributed by atoms with Gasteiger partial charge in [-0.3, -0.25) is 9.78 Å². The summed E-state index contributed by atoms with van der Waals surface area (Å²) in [5.74, 6) is -3.35. The molecule has 3 N–H and O–H groups in total. The largest absolute Gasteiger partial charge is 0.394 e. The van der Waals surface area contributed by atoms with Gasteiger partial charge in [0.05, 0.1) is 6.61 Å². The van der Waals surface area contributed by atoms with E-state index in [4.69, 9.17) is 5.11 Å². The number of thioether (sulfide) groups is 1. The van der Waals surface area contributed by atoms with Gasteiger partial charge in [-0.15, -0.1) is 0 Å². The van der Waals surface area contributed by atoms with Gasteiger partial charge >= 0.3 is 0 Å². The highest BCUT2D eigenvalue weighted by atomic mass is 32.2. The van der Waals surface area contributed by atoms with Crippen LogP contribution in [0.15, 0.2) is 28.2 Å². The number of aliphatic hydroxyl groups is 1. The fourth-order valence-electron chi connectivity index (χ4n) is 1.69. The first-order valence-electron chi connectivity index (χ1n) is 6.65. The van der Waals surface area contributed by atoms with E-state index in [0.717, 1.165) is 17.8 Å². The lowest BCUT2D eigenvalue weighted by Gasteiger charge is -2.12. The lowest BCUT2D eigenvalue weighted by molar-refractivity contribution is 0.281. The molecule has 0 unspecified atom stereocenters. The standard InChI is InChI=1S/C14H14F3N3O2S/c1-7(5-21)18-12-11(17)13(22)20-14(19-12)23-6-8-3-2-4-9(15)10(8)16/h2-4,7,21H,5-6H2,1H3,(H2,18,19,20,22)/t7-/m1/s1. The Balaban J connectivity index is 2.20. The molecular weight excluding hydrogens is 331 g/mol. The maximum Gasteiger partial charge on any atom is 0.289 e. The van der Waals surface area contributed by atoms with Crippen molar-refractivity contribution in [3.8, 4) is 0 Å². The van der Waals surface area contributed by atoms with Gasteiger partial charge in [0.25, 0.3) is 5.56 Å². The van der Waals surface area contributed by atoms with Gasteiger partial charge in [-0.05, 0) is 13.0 Å². The predicted octanol–water partition coefficient (Wildman–Crippen LogP) is 2.27. The first kappa shape index (κ1) is 17.4. The highest BCUT2D eigenvalue weighted by Crippen LogP contribution is 2.23. The van der Waals surface area contributed by atoms with Crippen molar-refractivity contribution < 1.29 is 18.3 Å². The number of H-pyrrole nitrogens is 1. The molecule has 1 aromatic carbocycles. The first-order chi connectivity index (χ1) is 10.9. The van der Waals surface area contributed by atoms with E-state index in [0.29, 0.717) is 0 Å². The average molecular weight is 345 g/mol. The van der Waals surface area contributed by atoms with Crippen LogP contribution in [0.5, 0.6) is 0 Å². The Kier molecular flexibility index (Phi) is 5.67. The van der Waals surface area contributed by atoms with Crippen molar-refractivity contribution in [1.82, 2.24) is 9.97 Å². The fourth-order valence-corrected chi connectivity index (χ4v) is 2.52. The molecule has 2 aromatic rings. The van der Waals surface area contributed by atoms with Crippen LogP contribution in [0, 0.1) is 17.5 Å². The number of hydrogen-bond acceptors (Lipinski definition) is 5. The quantitative estimate of drug-likeness (QED) is 0.553. The molecule has 0 saturated heterocycles. The molecule has 0 spiro atoms. The lowest BCUT2D eigenvalue weighted by Crippen LogP contribution is -2.24. The molecule has 23 heavy (non-hydrogen) atoms. The molecule has 0 aliphatic heterocycles. The Morgan fingerprint density at radius 2 is 2.09 bits per heavy atom. The summed E-state index contributed by atoms with van der Waals surface area (Å²) in [7, 11) is 0. The van der Waals surface area contributed by atoms with Crippen LogP contribution in [0.3, 0.4) is 0 Å². The van der Waals surface area contributed by atoms with Crippen molar-refractivity contribution in [3.63, 3.8) is 0 Å². The minimum atomic E-state index is -1.11. The number of rotatable bonds is 6. The number of aromatic nitrogens is 2. The number of nitrogens with zero attached hydrogens (tertiary/aromatic N) is 1. The molecular formula is C14H14F3N3O2S. The normalized spacial score (nSPS) is 12.2. The maximum atomic E-state index is 13.7. The van der Waals surface area contributed by atoms with Crippen LogP contribution in [-0.2, 0) is 5.75 Å². The number of nitrogens with one attached hydrogen (secondary N) is 2. The van der Waals surface area contributed by atoms with Gasteiger partial charge < -0.3 is 10.4 Å². The van der Waals surface area contributed by atoms with Crippen LogP contribution in [-0.4, -0.2) is 27.7 Å². The number of halogens is 3.